The van der Waals surface area contributed by atoms with Gasteiger partial charge >= 0.3 is 5.97 Å². The minimum atomic E-state index is -0.653. The second-order valence-corrected chi connectivity index (χ2v) is 6.87. The number of carbonyl (C=O) groups is 1. The van der Waals surface area contributed by atoms with E-state index in [-0.39, 0.29) is 17.4 Å². The zero-order valence-corrected chi connectivity index (χ0v) is 12.6. The van der Waals surface area contributed by atoms with Gasteiger partial charge in [0.05, 0.1) is 5.92 Å². The number of aliphatic carboxylic acids is 1. The van der Waals surface area contributed by atoms with Crippen LogP contribution in [0.3, 0.4) is 0 Å². The van der Waals surface area contributed by atoms with Gasteiger partial charge in [0.15, 0.2) is 0 Å². The Morgan fingerprint density at radius 3 is 2.40 bits per heavy atom. The number of anilines is 1. The fraction of sp³-hybridized carbons (Fsp3) is 0.588. The van der Waals surface area contributed by atoms with Crippen LogP contribution >= 0.6 is 0 Å². The second kappa shape index (κ2) is 5.86. The van der Waals surface area contributed by atoms with Gasteiger partial charge in [0.25, 0.3) is 0 Å². The summed E-state index contributed by atoms with van der Waals surface area (Å²) < 4.78 is 0. The first-order valence-corrected chi connectivity index (χ1v) is 7.46. The topological polar surface area (TPSA) is 49.3 Å². The molecule has 1 saturated carbocycles. The Kier molecular flexibility index (Phi) is 4.36. The quantitative estimate of drug-likeness (QED) is 0.875. The molecule has 3 heteroatoms. The molecule has 2 unspecified atom stereocenters. The molecule has 1 fully saturated rings. The van der Waals surface area contributed by atoms with Gasteiger partial charge in [0, 0.05) is 11.7 Å². The van der Waals surface area contributed by atoms with Gasteiger partial charge in [-0.05, 0) is 42.4 Å². The van der Waals surface area contributed by atoms with Crippen molar-refractivity contribution in [1.29, 1.82) is 0 Å². The van der Waals surface area contributed by atoms with Crippen molar-refractivity contribution >= 4 is 11.7 Å². The highest BCUT2D eigenvalue weighted by Crippen LogP contribution is 2.28. The van der Waals surface area contributed by atoms with Crippen LogP contribution in [0.15, 0.2) is 24.3 Å². The largest absolute Gasteiger partial charge is 0.481 e. The Balaban J connectivity index is 1.98. The van der Waals surface area contributed by atoms with E-state index in [1.807, 2.05) is 0 Å². The molecule has 2 rings (SSSR count). The molecular weight excluding hydrogens is 250 g/mol. The van der Waals surface area contributed by atoms with Crippen molar-refractivity contribution in [3.63, 3.8) is 0 Å². The Bertz CT molecular complexity index is 459. The molecule has 0 aliphatic heterocycles. The highest BCUT2D eigenvalue weighted by atomic mass is 16.4. The molecule has 3 nitrogen and oxygen atoms in total. The summed E-state index contributed by atoms with van der Waals surface area (Å²) in [5.74, 6) is -0.838. The van der Waals surface area contributed by atoms with Gasteiger partial charge in [0.1, 0.15) is 0 Å². The summed E-state index contributed by atoms with van der Waals surface area (Å²) in [6.45, 7) is 6.61. The molecule has 110 valence electrons. The summed E-state index contributed by atoms with van der Waals surface area (Å²) in [6.07, 6.45) is 3.60. The highest BCUT2D eigenvalue weighted by Gasteiger charge is 2.26. The predicted octanol–water partition coefficient (Wildman–Crippen LogP) is 4.04. The van der Waals surface area contributed by atoms with Crippen molar-refractivity contribution in [1.82, 2.24) is 0 Å². The molecule has 1 aliphatic carbocycles. The van der Waals surface area contributed by atoms with Gasteiger partial charge in [-0.25, -0.2) is 0 Å². The second-order valence-electron chi connectivity index (χ2n) is 6.87. The SMILES string of the molecule is CC(C)(C)c1ccc(NC2CCCC(C(=O)O)C2)cc1. The van der Waals surface area contributed by atoms with Crippen molar-refractivity contribution in [2.45, 2.75) is 57.9 Å². The van der Waals surface area contributed by atoms with E-state index in [2.05, 4.69) is 50.4 Å². The van der Waals surface area contributed by atoms with Crippen LogP contribution in [0.25, 0.3) is 0 Å². The van der Waals surface area contributed by atoms with Crippen LogP contribution in [0.4, 0.5) is 5.69 Å². The zero-order valence-electron chi connectivity index (χ0n) is 12.6. The van der Waals surface area contributed by atoms with Crippen LogP contribution < -0.4 is 5.32 Å². The maximum absolute atomic E-state index is 11.1. The third kappa shape index (κ3) is 3.75. The summed E-state index contributed by atoms with van der Waals surface area (Å²) >= 11 is 0. The van der Waals surface area contributed by atoms with E-state index in [1.54, 1.807) is 0 Å². The van der Waals surface area contributed by atoms with Crippen molar-refractivity contribution in [3.05, 3.63) is 29.8 Å². The zero-order chi connectivity index (χ0) is 14.8. The van der Waals surface area contributed by atoms with Crippen LogP contribution in [0, 0.1) is 5.92 Å². The predicted molar refractivity (Wildman–Crippen MR) is 82.1 cm³/mol. The van der Waals surface area contributed by atoms with Crippen molar-refractivity contribution in [3.8, 4) is 0 Å². The molecule has 20 heavy (non-hydrogen) atoms. The van der Waals surface area contributed by atoms with Crippen LogP contribution in [0.1, 0.15) is 52.0 Å². The Morgan fingerprint density at radius 2 is 1.85 bits per heavy atom. The average Bonchev–Trinajstić information content (AvgIpc) is 2.38. The highest BCUT2D eigenvalue weighted by molar-refractivity contribution is 5.70. The lowest BCUT2D eigenvalue weighted by Gasteiger charge is -2.28. The van der Waals surface area contributed by atoms with Gasteiger partial charge < -0.3 is 10.4 Å². The molecule has 0 heterocycles. The molecule has 0 bridgehead atoms. The van der Waals surface area contributed by atoms with Gasteiger partial charge in [-0.1, -0.05) is 39.3 Å². The van der Waals surface area contributed by atoms with Gasteiger partial charge in [0.2, 0.25) is 0 Å². The first-order valence-electron chi connectivity index (χ1n) is 7.46. The van der Waals surface area contributed by atoms with E-state index >= 15 is 0 Å². The number of hydrogen-bond acceptors (Lipinski definition) is 2. The standard InChI is InChI=1S/C17H25NO2/c1-17(2,3)13-7-9-14(10-8-13)18-15-6-4-5-12(11-15)16(19)20/h7-10,12,15,18H,4-6,11H2,1-3H3,(H,19,20). The molecule has 0 aromatic heterocycles. The number of hydrogen-bond donors (Lipinski definition) is 2. The van der Waals surface area contributed by atoms with Crippen LogP contribution in [-0.4, -0.2) is 17.1 Å². The van der Waals surface area contributed by atoms with E-state index in [0.29, 0.717) is 0 Å². The smallest absolute Gasteiger partial charge is 0.306 e. The summed E-state index contributed by atoms with van der Waals surface area (Å²) in [6, 6.07) is 8.79. The minimum absolute atomic E-state index is 0.164. The van der Waals surface area contributed by atoms with Gasteiger partial charge in [-0.3, -0.25) is 4.79 Å². The monoisotopic (exact) mass is 275 g/mol. The molecule has 0 spiro atoms. The van der Waals surface area contributed by atoms with Gasteiger partial charge in [-0.15, -0.1) is 0 Å². The Morgan fingerprint density at radius 1 is 1.20 bits per heavy atom. The van der Waals surface area contributed by atoms with E-state index in [9.17, 15) is 4.79 Å². The number of rotatable bonds is 3. The van der Waals surface area contributed by atoms with E-state index < -0.39 is 5.97 Å². The van der Waals surface area contributed by atoms with Crippen LogP contribution in [-0.2, 0) is 10.2 Å². The lowest BCUT2D eigenvalue weighted by atomic mass is 9.85. The molecule has 0 radical (unpaired) electrons. The molecule has 1 aliphatic rings. The third-order valence-corrected chi connectivity index (χ3v) is 4.15. The van der Waals surface area contributed by atoms with Crippen molar-refractivity contribution in [2.24, 2.45) is 5.92 Å². The average molecular weight is 275 g/mol. The first-order chi connectivity index (χ1) is 9.36. The van der Waals surface area contributed by atoms with E-state index in [0.717, 1.165) is 31.4 Å². The maximum Gasteiger partial charge on any atom is 0.306 e. The molecule has 1 aromatic rings. The Hall–Kier alpha value is -1.51. The van der Waals surface area contributed by atoms with Crippen LogP contribution in [0.2, 0.25) is 0 Å². The fourth-order valence-corrected chi connectivity index (χ4v) is 2.85. The van der Waals surface area contributed by atoms with E-state index in [1.165, 1.54) is 5.56 Å². The summed E-state index contributed by atoms with van der Waals surface area (Å²) in [7, 11) is 0. The molecular formula is C17H25NO2. The molecule has 2 atom stereocenters. The fourth-order valence-electron chi connectivity index (χ4n) is 2.85. The number of benzene rings is 1. The lowest BCUT2D eigenvalue weighted by Crippen LogP contribution is -2.30. The molecule has 0 saturated heterocycles. The maximum atomic E-state index is 11.1. The third-order valence-electron chi connectivity index (χ3n) is 4.15. The number of carboxylic acid groups (broad SMARTS) is 1. The molecule has 2 N–H and O–H groups in total. The minimum Gasteiger partial charge on any atom is -0.481 e. The molecule has 0 amide bonds. The summed E-state index contributed by atoms with van der Waals surface area (Å²) in [5.41, 5.74) is 2.57. The lowest BCUT2D eigenvalue weighted by molar-refractivity contribution is -0.142. The first kappa shape index (κ1) is 14.9. The van der Waals surface area contributed by atoms with Crippen molar-refractivity contribution in [2.75, 3.05) is 5.32 Å². The molecule has 1 aromatic carbocycles. The van der Waals surface area contributed by atoms with Gasteiger partial charge in [-0.2, -0.15) is 0 Å². The number of nitrogens with one attached hydrogen (secondary N) is 1. The normalized spacial score (nSPS) is 23.4. The summed E-state index contributed by atoms with van der Waals surface area (Å²) in [4.78, 5) is 11.1. The number of carboxylic acids is 1. The Labute approximate surface area is 121 Å². The summed E-state index contributed by atoms with van der Waals surface area (Å²) in [5, 5.41) is 12.6. The van der Waals surface area contributed by atoms with Crippen molar-refractivity contribution < 1.29 is 9.90 Å². The van der Waals surface area contributed by atoms with Crippen LogP contribution in [0.5, 0.6) is 0 Å². The van der Waals surface area contributed by atoms with E-state index in [4.69, 9.17) is 5.11 Å².